The molecule has 0 saturated carbocycles. The Morgan fingerprint density at radius 2 is 1.72 bits per heavy atom. The molecule has 0 fully saturated rings. The number of carbonyl (C=O) groups excluding carboxylic acids is 1. The van der Waals surface area contributed by atoms with Gasteiger partial charge in [-0.05, 0) is 96.7 Å². The minimum absolute atomic E-state index is 0.199. The first-order valence-electron chi connectivity index (χ1n) is 12.7. The highest BCUT2D eigenvalue weighted by Gasteiger charge is 2.29. The van der Waals surface area contributed by atoms with Gasteiger partial charge in [0.05, 0.1) is 0 Å². The maximum atomic E-state index is 12.6. The Morgan fingerprint density at radius 3 is 2.44 bits per heavy atom. The van der Waals surface area contributed by atoms with Gasteiger partial charge >= 0.3 is 5.97 Å². The van der Waals surface area contributed by atoms with Crippen molar-refractivity contribution in [1.29, 1.82) is 0 Å². The summed E-state index contributed by atoms with van der Waals surface area (Å²) >= 11 is 12.3. The van der Waals surface area contributed by atoms with Crippen LogP contribution in [-0.4, -0.2) is 11.0 Å². The van der Waals surface area contributed by atoms with Crippen LogP contribution in [0.5, 0.6) is 5.75 Å². The number of esters is 1. The molecule has 0 saturated heterocycles. The fourth-order valence-corrected chi connectivity index (χ4v) is 5.71. The number of H-pyrrole nitrogens is 1. The molecule has 1 aliphatic carbocycles. The maximum Gasteiger partial charge on any atom is 0.311 e. The van der Waals surface area contributed by atoms with E-state index in [2.05, 4.69) is 55.2 Å². The summed E-state index contributed by atoms with van der Waals surface area (Å²) in [5.41, 5.74) is 6.44. The van der Waals surface area contributed by atoms with Crippen LogP contribution in [0.1, 0.15) is 73.8 Å². The summed E-state index contributed by atoms with van der Waals surface area (Å²) in [5.74, 6) is 1.49. The number of carbonyl (C=O) groups is 1. The average molecular weight is 521 g/mol. The lowest BCUT2D eigenvalue weighted by Gasteiger charge is -2.21. The summed E-state index contributed by atoms with van der Waals surface area (Å²) in [6.45, 7) is 4.44. The molecule has 1 aliphatic rings. The van der Waals surface area contributed by atoms with Gasteiger partial charge in [0.1, 0.15) is 5.75 Å². The van der Waals surface area contributed by atoms with Gasteiger partial charge in [0.25, 0.3) is 0 Å². The number of hydrogen-bond acceptors (Lipinski definition) is 2. The largest absolute Gasteiger partial charge is 0.427 e. The summed E-state index contributed by atoms with van der Waals surface area (Å²) in [6.07, 6.45) is 4.18. The Hall–Kier alpha value is -2.75. The van der Waals surface area contributed by atoms with E-state index in [-0.39, 0.29) is 11.9 Å². The van der Waals surface area contributed by atoms with Crippen molar-refractivity contribution < 1.29 is 9.53 Å². The van der Waals surface area contributed by atoms with Crippen molar-refractivity contribution in [1.82, 2.24) is 4.98 Å². The van der Waals surface area contributed by atoms with E-state index in [1.165, 1.54) is 27.8 Å². The van der Waals surface area contributed by atoms with Gasteiger partial charge in [-0.1, -0.05) is 61.3 Å². The third kappa shape index (κ3) is 5.48. The molecule has 0 spiro atoms. The van der Waals surface area contributed by atoms with Gasteiger partial charge in [0, 0.05) is 39.0 Å². The standard InChI is InChI=1S/C31H31Cl2NO2/c1-19(2)21-5-7-22(8-6-21)27-17-20(4-16-30(35)36-25-12-9-23(32)10-13-25)3-14-26-28-18-24(33)11-15-29(28)34-31(26)27/h5-13,15,18-20,27,34H,3-4,14,16-17H2,1-2H3. The topological polar surface area (TPSA) is 42.1 Å². The first kappa shape index (κ1) is 24.9. The summed E-state index contributed by atoms with van der Waals surface area (Å²) < 4.78 is 5.54. The van der Waals surface area contributed by atoms with Crippen LogP contribution >= 0.6 is 23.2 Å². The minimum atomic E-state index is -0.199. The molecule has 186 valence electrons. The molecule has 5 heteroatoms. The van der Waals surface area contributed by atoms with Gasteiger partial charge in [-0.2, -0.15) is 0 Å². The SMILES string of the molecule is CC(C)c1ccc(C2CC(CCC(=O)Oc3ccc(Cl)cc3)CCc3c2[nH]c2ccc(Cl)cc32)cc1. The van der Waals surface area contributed by atoms with E-state index in [1.807, 2.05) is 6.07 Å². The Labute approximate surface area is 222 Å². The first-order chi connectivity index (χ1) is 17.4. The Morgan fingerprint density at radius 1 is 1.00 bits per heavy atom. The molecule has 0 aliphatic heterocycles. The van der Waals surface area contributed by atoms with Crippen LogP contribution in [0.3, 0.4) is 0 Å². The van der Waals surface area contributed by atoms with Crippen LogP contribution < -0.4 is 4.74 Å². The van der Waals surface area contributed by atoms with Crippen molar-refractivity contribution in [2.24, 2.45) is 5.92 Å². The van der Waals surface area contributed by atoms with Gasteiger partial charge in [0.15, 0.2) is 0 Å². The zero-order chi connectivity index (χ0) is 25.2. The zero-order valence-electron chi connectivity index (χ0n) is 20.7. The second-order valence-electron chi connectivity index (χ2n) is 10.2. The third-order valence-corrected chi connectivity index (χ3v) is 7.92. The van der Waals surface area contributed by atoms with Crippen molar-refractivity contribution in [2.45, 2.75) is 57.8 Å². The summed E-state index contributed by atoms with van der Waals surface area (Å²) in [7, 11) is 0. The number of nitrogens with one attached hydrogen (secondary N) is 1. The number of rotatable bonds is 6. The molecule has 2 unspecified atom stereocenters. The molecule has 1 heterocycles. The highest BCUT2D eigenvalue weighted by molar-refractivity contribution is 6.31. The maximum absolute atomic E-state index is 12.6. The number of aryl methyl sites for hydroxylation is 1. The van der Waals surface area contributed by atoms with Crippen molar-refractivity contribution in [3.8, 4) is 5.75 Å². The second-order valence-corrected chi connectivity index (χ2v) is 11.1. The van der Waals surface area contributed by atoms with Crippen LogP contribution in [0.15, 0.2) is 66.7 Å². The van der Waals surface area contributed by atoms with Crippen LogP contribution in [0.25, 0.3) is 10.9 Å². The van der Waals surface area contributed by atoms with Crippen molar-refractivity contribution >= 4 is 40.1 Å². The van der Waals surface area contributed by atoms with E-state index in [9.17, 15) is 4.79 Å². The monoisotopic (exact) mass is 519 g/mol. The minimum Gasteiger partial charge on any atom is -0.427 e. The summed E-state index contributed by atoms with van der Waals surface area (Å²) in [4.78, 5) is 16.3. The lowest BCUT2D eigenvalue weighted by Crippen LogP contribution is -2.13. The number of aromatic amines is 1. The smallest absolute Gasteiger partial charge is 0.311 e. The molecule has 4 aromatic rings. The van der Waals surface area contributed by atoms with E-state index < -0.39 is 0 Å². The van der Waals surface area contributed by atoms with Gasteiger partial charge in [0.2, 0.25) is 0 Å². The second kappa shape index (κ2) is 10.7. The molecule has 3 aromatic carbocycles. The Bertz CT molecular complexity index is 1360. The highest BCUT2D eigenvalue weighted by Crippen LogP contribution is 2.42. The third-order valence-electron chi connectivity index (χ3n) is 7.43. The fraction of sp³-hybridized carbons (Fsp3) is 0.323. The summed E-state index contributed by atoms with van der Waals surface area (Å²) in [6, 6.07) is 22.1. The van der Waals surface area contributed by atoms with Crippen LogP contribution in [0.2, 0.25) is 10.0 Å². The van der Waals surface area contributed by atoms with E-state index in [1.54, 1.807) is 24.3 Å². The van der Waals surface area contributed by atoms with Crippen molar-refractivity contribution in [3.63, 3.8) is 0 Å². The predicted octanol–water partition coefficient (Wildman–Crippen LogP) is 9.07. The zero-order valence-corrected chi connectivity index (χ0v) is 22.2. The molecule has 1 aromatic heterocycles. The van der Waals surface area contributed by atoms with Crippen molar-refractivity contribution in [3.05, 3.63) is 99.2 Å². The lowest BCUT2D eigenvalue weighted by atomic mass is 9.84. The predicted molar refractivity (Wildman–Crippen MR) is 148 cm³/mol. The first-order valence-corrected chi connectivity index (χ1v) is 13.5. The molecule has 3 nitrogen and oxygen atoms in total. The van der Waals surface area contributed by atoms with Gasteiger partial charge in [-0.25, -0.2) is 0 Å². The van der Waals surface area contributed by atoms with Gasteiger partial charge in [-0.15, -0.1) is 0 Å². The number of benzene rings is 3. The highest BCUT2D eigenvalue weighted by atomic mass is 35.5. The number of aromatic nitrogens is 1. The quantitative estimate of drug-likeness (QED) is 0.157. The molecule has 0 bridgehead atoms. The number of ether oxygens (including phenoxy) is 1. The van der Waals surface area contributed by atoms with Gasteiger partial charge < -0.3 is 9.72 Å². The normalized spacial score (nSPS) is 17.7. The molecule has 1 N–H and O–H groups in total. The van der Waals surface area contributed by atoms with Crippen LogP contribution in [0.4, 0.5) is 0 Å². The number of hydrogen-bond donors (Lipinski definition) is 1. The van der Waals surface area contributed by atoms with E-state index in [4.69, 9.17) is 27.9 Å². The molecule has 0 radical (unpaired) electrons. The molecule has 36 heavy (non-hydrogen) atoms. The average Bonchev–Trinajstić information content (AvgIpc) is 3.11. The molecular weight excluding hydrogens is 489 g/mol. The Balaban J connectivity index is 1.38. The Kier molecular flexibility index (Phi) is 7.41. The molecule has 5 rings (SSSR count). The molecule has 0 amide bonds. The van der Waals surface area contributed by atoms with Crippen LogP contribution in [0, 0.1) is 5.92 Å². The number of fused-ring (bicyclic) bond motifs is 3. The lowest BCUT2D eigenvalue weighted by molar-refractivity contribution is -0.134. The van der Waals surface area contributed by atoms with E-state index >= 15 is 0 Å². The molecular formula is C31H31Cl2NO2. The van der Waals surface area contributed by atoms with E-state index in [0.29, 0.717) is 29.0 Å². The number of halogens is 2. The van der Waals surface area contributed by atoms with Gasteiger partial charge in [-0.3, -0.25) is 4.79 Å². The fourth-order valence-electron chi connectivity index (χ4n) is 5.41. The molecule has 2 atom stereocenters. The van der Waals surface area contributed by atoms with E-state index in [0.717, 1.165) is 36.2 Å². The summed E-state index contributed by atoms with van der Waals surface area (Å²) in [5, 5.41) is 2.59. The van der Waals surface area contributed by atoms with Crippen molar-refractivity contribution in [2.75, 3.05) is 0 Å². The van der Waals surface area contributed by atoms with Crippen LogP contribution in [-0.2, 0) is 11.2 Å².